The first-order chi connectivity index (χ1) is 8.78. The molecule has 0 saturated heterocycles. The van der Waals surface area contributed by atoms with Crippen molar-refractivity contribution in [3.8, 4) is 11.5 Å². The molecule has 2 N–H and O–H groups in total. The highest BCUT2D eigenvalue weighted by atomic mass is 19.4. The summed E-state index contributed by atoms with van der Waals surface area (Å²) in [5.74, 6) is 0.291. The summed E-state index contributed by atoms with van der Waals surface area (Å²) in [5, 5.41) is 0. The molecule has 3 nitrogen and oxygen atoms in total. The van der Waals surface area contributed by atoms with Gasteiger partial charge in [-0.25, -0.2) is 0 Å². The summed E-state index contributed by atoms with van der Waals surface area (Å²) < 4.78 is 45.6. The van der Waals surface area contributed by atoms with Crippen LogP contribution in [0.25, 0.3) is 0 Å². The number of alkyl halides is 3. The largest absolute Gasteiger partial charge is 0.573 e. The molecule has 1 aromatic carbocycles. The van der Waals surface area contributed by atoms with E-state index in [1.54, 1.807) is 0 Å². The molecular formula is C13H18F3NO2. The van der Waals surface area contributed by atoms with E-state index in [9.17, 15) is 13.2 Å². The van der Waals surface area contributed by atoms with Crippen LogP contribution in [-0.4, -0.2) is 13.5 Å². The van der Waals surface area contributed by atoms with Gasteiger partial charge in [0.1, 0.15) is 11.5 Å². The molecule has 2 atom stereocenters. The predicted octanol–water partition coefficient (Wildman–Crippen LogP) is 3.64. The predicted molar refractivity (Wildman–Crippen MR) is 66.1 cm³/mol. The topological polar surface area (TPSA) is 44.5 Å². The van der Waals surface area contributed by atoms with E-state index in [1.807, 2.05) is 13.8 Å². The fraction of sp³-hybridized carbons (Fsp3) is 0.538. The highest BCUT2D eigenvalue weighted by molar-refractivity contribution is 5.42. The molecule has 0 spiro atoms. The number of hydrogen-bond acceptors (Lipinski definition) is 3. The molecule has 0 aliphatic carbocycles. The Balaban J connectivity index is 3.09. The van der Waals surface area contributed by atoms with Gasteiger partial charge in [-0.15, -0.1) is 13.2 Å². The SMILES string of the molecule is CCC(C)[C@@H](N)c1cc(OC(F)(F)F)ccc1OC. The molecule has 0 aliphatic heterocycles. The van der Waals surface area contributed by atoms with Gasteiger partial charge in [-0.3, -0.25) is 0 Å². The van der Waals surface area contributed by atoms with Crippen LogP contribution in [0.5, 0.6) is 11.5 Å². The van der Waals surface area contributed by atoms with Crippen molar-refractivity contribution in [2.45, 2.75) is 32.7 Å². The summed E-state index contributed by atoms with van der Waals surface area (Å²) in [6, 6.07) is 3.51. The van der Waals surface area contributed by atoms with Crippen LogP contribution in [0.2, 0.25) is 0 Å². The molecule has 6 heteroatoms. The lowest BCUT2D eigenvalue weighted by Crippen LogP contribution is -2.21. The molecule has 0 radical (unpaired) electrons. The normalized spacial score (nSPS) is 14.9. The molecule has 0 aromatic heterocycles. The maximum Gasteiger partial charge on any atom is 0.573 e. The van der Waals surface area contributed by atoms with Gasteiger partial charge in [0.15, 0.2) is 0 Å². The summed E-state index contributed by atoms with van der Waals surface area (Å²) in [4.78, 5) is 0. The molecule has 0 bridgehead atoms. The Morgan fingerprint density at radius 2 is 1.95 bits per heavy atom. The van der Waals surface area contributed by atoms with Crippen LogP contribution in [0.1, 0.15) is 31.9 Å². The standard InChI is InChI=1S/C13H18F3NO2/c1-4-8(2)12(17)10-7-9(19-13(14,15)16)5-6-11(10)18-3/h5-8,12H,4,17H2,1-3H3/t8?,12-/m1/s1. The highest BCUT2D eigenvalue weighted by Crippen LogP contribution is 2.34. The Bertz CT molecular complexity index is 421. The Morgan fingerprint density at radius 3 is 2.42 bits per heavy atom. The van der Waals surface area contributed by atoms with Gasteiger partial charge in [0, 0.05) is 11.6 Å². The third kappa shape index (κ3) is 4.31. The van der Waals surface area contributed by atoms with Crippen LogP contribution in [0.4, 0.5) is 13.2 Å². The van der Waals surface area contributed by atoms with Crippen LogP contribution in [0.15, 0.2) is 18.2 Å². The van der Waals surface area contributed by atoms with E-state index in [0.29, 0.717) is 11.3 Å². The molecule has 0 heterocycles. The first kappa shape index (κ1) is 15.6. The van der Waals surface area contributed by atoms with E-state index in [-0.39, 0.29) is 11.7 Å². The molecule has 0 aliphatic rings. The van der Waals surface area contributed by atoms with E-state index >= 15 is 0 Å². The summed E-state index contributed by atoms with van der Waals surface area (Å²) in [6.07, 6.45) is -3.90. The van der Waals surface area contributed by atoms with Gasteiger partial charge < -0.3 is 15.2 Å². The third-order valence-electron chi connectivity index (χ3n) is 3.05. The van der Waals surface area contributed by atoms with E-state index in [2.05, 4.69) is 4.74 Å². The first-order valence-corrected chi connectivity index (χ1v) is 5.97. The monoisotopic (exact) mass is 277 g/mol. The fourth-order valence-corrected chi connectivity index (χ4v) is 1.73. The number of hydrogen-bond donors (Lipinski definition) is 1. The summed E-state index contributed by atoms with van der Waals surface area (Å²) in [6.45, 7) is 3.90. The van der Waals surface area contributed by atoms with Crippen molar-refractivity contribution < 1.29 is 22.6 Å². The quantitative estimate of drug-likeness (QED) is 0.893. The van der Waals surface area contributed by atoms with E-state index in [0.717, 1.165) is 6.42 Å². The molecule has 108 valence electrons. The Morgan fingerprint density at radius 1 is 1.32 bits per heavy atom. The summed E-state index contributed by atoms with van der Waals surface area (Å²) in [5.41, 5.74) is 6.55. The maximum absolute atomic E-state index is 12.2. The van der Waals surface area contributed by atoms with Crippen LogP contribution >= 0.6 is 0 Å². The lowest BCUT2D eigenvalue weighted by molar-refractivity contribution is -0.274. The summed E-state index contributed by atoms with van der Waals surface area (Å²) >= 11 is 0. The van der Waals surface area contributed by atoms with Crippen LogP contribution < -0.4 is 15.2 Å². The minimum absolute atomic E-state index is 0.120. The van der Waals surface area contributed by atoms with Gasteiger partial charge in [-0.05, 0) is 24.1 Å². The van der Waals surface area contributed by atoms with Crippen LogP contribution in [0, 0.1) is 5.92 Å². The van der Waals surface area contributed by atoms with Gasteiger partial charge in [0.2, 0.25) is 0 Å². The second-order valence-electron chi connectivity index (χ2n) is 4.36. The van der Waals surface area contributed by atoms with Crippen LogP contribution in [-0.2, 0) is 0 Å². The zero-order valence-corrected chi connectivity index (χ0v) is 11.1. The number of halogens is 3. The maximum atomic E-state index is 12.2. The smallest absolute Gasteiger partial charge is 0.496 e. The van der Waals surface area contributed by atoms with Gasteiger partial charge >= 0.3 is 6.36 Å². The van der Waals surface area contributed by atoms with Gasteiger partial charge in [0.05, 0.1) is 7.11 Å². The average molecular weight is 277 g/mol. The molecular weight excluding hydrogens is 259 g/mol. The molecule has 0 amide bonds. The summed E-state index contributed by atoms with van der Waals surface area (Å²) in [7, 11) is 1.45. The molecule has 1 aromatic rings. The minimum Gasteiger partial charge on any atom is -0.496 e. The number of rotatable bonds is 5. The minimum atomic E-state index is -4.72. The van der Waals surface area contributed by atoms with Crippen LogP contribution in [0.3, 0.4) is 0 Å². The fourth-order valence-electron chi connectivity index (χ4n) is 1.73. The zero-order valence-electron chi connectivity index (χ0n) is 11.1. The van der Waals surface area contributed by atoms with Crippen molar-refractivity contribution in [2.24, 2.45) is 11.7 Å². The average Bonchev–Trinajstić information content (AvgIpc) is 2.35. The Kier molecular flexibility index (Phi) is 5.05. The molecule has 1 rings (SSSR count). The van der Waals surface area contributed by atoms with Crippen molar-refractivity contribution in [3.05, 3.63) is 23.8 Å². The zero-order chi connectivity index (χ0) is 14.6. The van der Waals surface area contributed by atoms with Crippen molar-refractivity contribution in [2.75, 3.05) is 7.11 Å². The number of nitrogens with two attached hydrogens (primary N) is 1. The van der Waals surface area contributed by atoms with E-state index in [4.69, 9.17) is 10.5 Å². The van der Waals surface area contributed by atoms with Gasteiger partial charge in [-0.2, -0.15) is 0 Å². The van der Waals surface area contributed by atoms with E-state index in [1.165, 1.54) is 25.3 Å². The number of benzene rings is 1. The Labute approximate surface area is 110 Å². The lowest BCUT2D eigenvalue weighted by Gasteiger charge is -2.22. The Hall–Kier alpha value is -1.43. The highest BCUT2D eigenvalue weighted by Gasteiger charge is 2.31. The van der Waals surface area contributed by atoms with Crippen molar-refractivity contribution in [1.82, 2.24) is 0 Å². The van der Waals surface area contributed by atoms with E-state index < -0.39 is 12.4 Å². The molecule has 1 unspecified atom stereocenters. The third-order valence-corrected chi connectivity index (χ3v) is 3.05. The van der Waals surface area contributed by atoms with Gasteiger partial charge in [0.25, 0.3) is 0 Å². The number of methoxy groups -OCH3 is 1. The lowest BCUT2D eigenvalue weighted by atomic mass is 9.92. The molecule has 19 heavy (non-hydrogen) atoms. The van der Waals surface area contributed by atoms with Gasteiger partial charge in [-0.1, -0.05) is 20.3 Å². The second-order valence-corrected chi connectivity index (χ2v) is 4.36. The molecule has 0 fully saturated rings. The molecule has 0 saturated carbocycles. The number of ether oxygens (including phenoxy) is 2. The van der Waals surface area contributed by atoms with Crippen molar-refractivity contribution in [3.63, 3.8) is 0 Å². The van der Waals surface area contributed by atoms with Crippen molar-refractivity contribution >= 4 is 0 Å². The van der Waals surface area contributed by atoms with Crippen molar-refractivity contribution in [1.29, 1.82) is 0 Å². The second kappa shape index (κ2) is 6.14. The first-order valence-electron chi connectivity index (χ1n) is 5.97.